The number of alkyl halides is 2. The lowest BCUT2D eigenvalue weighted by Gasteiger charge is -2.15. The van der Waals surface area contributed by atoms with Gasteiger partial charge in [-0.3, -0.25) is 4.79 Å². The Morgan fingerprint density at radius 1 is 1.50 bits per heavy atom. The second-order valence-corrected chi connectivity index (χ2v) is 2.70. The molecule has 0 saturated heterocycles. The van der Waals surface area contributed by atoms with E-state index in [4.69, 9.17) is 6.42 Å². The fourth-order valence-electron chi connectivity index (χ4n) is 0.617. The van der Waals surface area contributed by atoms with Gasteiger partial charge in [-0.1, -0.05) is 19.8 Å². The van der Waals surface area contributed by atoms with Crippen LogP contribution in [0.25, 0.3) is 0 Å². The summed E-state index contributed by atoms with van der Waals surface area (Å²) in [6, 6.07) is -0.619. The molecule has 0 aromatic carbocycles. The van der Waals surface area contributed by atoms with E-state index >= 15 is 0 Å². The van der Waals surface area contributed by atoms with Crippen molar-refractivity contribution in [2.45, 2.75) is 26.3 Å². The summed E-state index contributed by atoms with van der Waals surface area (Å²) in [6.07, 6.45) is 2.01. The van der Waals surface area contributed by atoms with Gasteiger partial charge in [-0.25, -0.2) is 0 Å². The third kappa shape index (κ3) is 3.33. The predicted octanol–water partition coefficient (Wildman–Crippen LogP) is 1.03. The normalized spacial score (nSPS) is 12.8. The van der Waals surface area contributed by atoms with Gasteiger partial charge in [0.25, 0.3) is 5.91 Å². The van der Waals surface area contributed by atoms with Crippen LogP contribution < -0.4 is 5.32 Å². The first-order valence-corrected chi connectivity index (χ1v) is 3.53. The topological polar surface area (TPSA) is 29.1 Å². The predicted molar refractivity (Wildman–Crippen MR) is 41.6 cm³/mol. The molecule has 0 aromatic rings. The average Bonchev–Trinajstić information content (AvgIpc) is 1.98. The summed E-state index contributed by atoms with van der Waals surface area (Å²) in [7, 11) is 0. The van der Waals surface area contributed by atoms with Crippen molar-refractivity contribution in [1.82, 2.24) is 5.32 Å². The van der Waals surface area contributed by atoms with Gasteiger partial charge in [0.15, 0.2) is 0 Å². The molecule has 0 aliphatic heterocycles. The van der Waals surface area contributed by atoms with Crippen molar-refractivity contribution in [3.05, 3.63) is 0 Å². The SMILES string of the molecule is C#CC(NC(=O)C(F)F)C(C)C. The van der Waals surface area contributed by atoms with E-state index < -0.39 is 18.4 Å². The van der Waals surface area contributed by atoms with Gasteiger partial charge in [-0.15, -0.1) is 6.42 Å². The van der Waals surface area contributed by atoms with Gasteiger partial charge in [-0.05, 0) is 5.92 Å². The molecule has 4 heteroatoms. The van der Waals surface area contributed by atoms with E-state index in [1.165, 1.54) is 0 Å². The van der Waals surface area contributed by atoms with Crippen LogP contribution in [0, 0.1) is 18.3 Å². The van der Waals surface area contributed by atoms with Gasteiger partial charge >= 0.3 is 6.43 Å². The molecule has 0 aliphatic rings. The molecule has 0 aliphatic carbocycles. The Bertz CT molecular complexity index is 196. The van der Waals surface area contributed by atoms with Crippen LogP contribution in [-0.4, -0.2) is 18.4 Å². The molecule has 1 atom stereocenters. The highest BCUT2D eigenvalue weighted by Gasteiger charge is 2.19. The summed E-state index contributed by atoms with van der Waals surface area (Å²) in [4.78, 5) is 10.5. The lowest BCUT2D eigenvalue weighted by molar-refractivity contribution is -0.132. The number of rotatable bonds is 3. The van der Waals surface area contributed by atoms with Gasteiger partial charge in [0.1, 0.15) is 0 Å². The van der Waals surface area contributed by atoms with Crippen LogP contribution in [0.5, 0.6) is 0 Å². The molecule has 1 N–H and O–H groups in total. The Morgan fingerprint density at radius 3 is 2.25 bits per heavy atom. The van der Waals surface area contributed by atoms with Crippen LogP contribution in [0.15, 0.2) is 0 Å². The Labute approximate surface area is 70.3 Å². The molecule has 68 valence electrons. The highest BCUT2D eigenvalue weighted by molar-refractivity contribution is 5.79. The summed E-state index contributed by atoms with van der Waals surface area (Å²) in [5, 5.41) is 2.04. The fourth-order valence-corrected chi connectivity index (χ4v) is 0.617. The molecule has 0 fully saturated rings. The summed E-state index contributed by atoms with van der Waals surface area (Å²) in [5.74, 6) is 0.865. The quantitative estimate of drug-likeness (QED) is 0.637. The number of carbonyl (C=O) groups is 1. The monoisotopic (exact) mass is 175 g/mol. The van der Waals surface area contributed by atoms with Crippen molar-refractivity contribution >= 4 is 5.91 Å². The van der Waals surface area contributed by atoms with Crippen molar-refractivity contribution in [1.29, 1.82) is 0 Å². The standard InChI is InChI=1S/C8H11F2NO/c1-4-6(5(2)3)11-8(12)7(9)10/h1,5-7H,2-3H3,(H,11,12). The van der Waals surface area contributed by atoms with Gasteiger partial charge in [0.2, 0.25) is 0 Å². The second-order valence-electron chi connectivity index (χ2n) is 2.70. The third-order valence-electron chi connectivity index (χ3n) is 1.34. The Hall–Kier alpha value is -1.11. The largest absolute Gasteiger partial charge is 0.337 e. The van der Waals surface area contributed by atoms with E-state index in [1.807, 2.05) is 5.32 Å². The van der Waals surface area contributed by atoms with E-state index in [2.05, 4.69) is 5.92 Å². The van der Waals surface area contributed by atoms with Gasteiger partial charge in [0, 0.05) is 0 Å². The van der Waals surface area contributed by atoms with Crippen LogP contribution in [0.3, 0.4) is 0 Å². The first-order valence-electron chi connectivity index (χ1n) is 3.53. The number of hydrogen-bond acceptors (Lipinski definition) is 1. The molecule has 0 spiro atoms. The van der Waals surface area contributed by atoms with Gasteiger partial charge < -0.3 is 5.32 Å². The zero-order valence-electron chi connectivity index (χ0n) is 6.97. The maximum atomic E-state index is 11.7. The average molecular weight is 175 g/mol. The van der Waals surface area contributed by atoms with Crippen molar-refractivity contribution in [3.63, 3.8) is 0 Å². The van der Waals surface area contributed by atoms with Crippen molar-refractivity contribution < 1.29 is 13.6 Å². The second kappa shape index (κ2) is 4.70. The Morgan fingerprint density at radius 2 is 2.00 bits per heavy atom. The lowest BCUT2D eigenvalue weighted by atomic mass is 10.1. The van der Waals surface area contributed by atoms with E-state index in [1.54, 1.807) is 13.8 Å². The fraction of sp³-hybridized carbons (Fsp3) is 0.625. The first kappa shape index (κ1) is 10.9. The maximum Gasteiger partial charge on any atom is 0.315 e. The number of halogens is 2. The maximum absolute atomic E-state index is 11.7. The zero-order chi connectivity index (χ0) is 9.72. The summed E-state index contributed by atoms with van der Waals surface area (Å²) in [5.41, 5.74) is 0. The molecular formula is C8H11F2NO. The van der Waals surface area contributed by atoms with Gasteiger partial charge in [-0.2, -0.15) is 8.78 Å². The number of nitrogens with one attached hydrogen (secondary N) is 1. The number of terminal acetylenes is 1. The molecule has 0 rings (SSSR count). The number of carbonyl (C=O) groups excluding carboxylic acids is 1. The highest BCUT2D eigenvalue weighted by atomic mass is 19.3. The lowest BCUT2D eigenvalue weighted by Crippen LogP contribution is -2.40. The number of hydrogen-bond donors (Lipinski definition) is 1. The minimum atomic E-state index is -3.00. The van der Waals surface area contributed by atoms with E-state index in [-0.39, 0.29) is 5.92 Å². The zero-order valence-corrected chi connectivity index (χ0v) is 6.97. The molecule has 1 unspecified atom stereocenters. The Kier molecular flexibility index (Phi) is 4.27. The molecule has 0 aromatic heterocycles. The molecule has 1 amide bonds. The summed E-state index contributed by atoms with van der Waals surface area (Å²) < 4.78 is 23.4. The summed E-state index contributed by atoms with van der Waals surface area (Å²) in [6.45, 7) is 3.49. The first-order chi connectivity index (χ1) is 5.49. The van der Waals surface area contributed by atoms with E-state index in [9.17, 15) is 13.6 Å². The highest BCUT2D eigenvalue weighted by Crippen LogP contribution is 2.01. The van der Waals surface area contributed by atoms with Crippen LogP contribution >= 0.6 is 0 Å². The molecule has 2 nitrogen and oxygen atoms in total. The molecule has 0 saturated carbocycles. The van der Waals surface area contributed by atoms with E-state index in [0.29, 0.717) is 0 Å². The van der Waals surface area contributed by atoms with Crippen molar-refractivity contribution in [3.8, 4) is 12.3 Å². The van der Waals surface area contributed by atoms with Crippen molar-refractivity contribution in [2.24, 2.45) is 5.92 Å². The van der Waals surface area contributed by atoms with Crippen LogP contribution in [-0.2, 0) is 4.79 Å². The molecule has 0 radical (unpaired) electrons. The molecule has 12 heavy (non-hydrogen) atoms. The smallest absolute Gasteiger partial charge is 0.315 e. The van der Waals surface area contributed by atoms with Gasteiger partial charge in [0.05, 0.1) is 6.04 Å². The van der Waals surface area contributed by atoms with E-state index in [0.717, 1.165) is 0 Å². The molecular weight excluding hydrogens is 164 g/mol. The minimum absolute atomic E-state index is 0.0438. The molecule has 0 bridgehead atoms. The van der Waals surface area contributed by atoms with Crippen LogP contribution in [0.4, 0.5) is 8.78 Å². The molecule has 0 heterocycles. The summed E-state index contributed by atoms with van der Waals surface area (Å²) >= 11 is 0. The Balaban J connectivity index is 4.06. The van der Waals surface area contributed by atoms with Crippen molar-refractivity contribution in [2.75, 3.05) is 0 Å². The van der Waals surface area contributed by atoms with Crippen LogP contribution in [0.1, 0.15) is 13.8 Å². The van der Waals surface area contributed by atoms with Crippen LogP contribution in [0.2, 0.25) is 0 Å². The number of amides is 1. The third-order valence-corrected chi connectivity index (χ3v) is 1.34. The minimum Gasteiger partial charge on any atom is -0.337 e.